The van der Waals surface area contributed by atoms with Crippen molar-refractivity contribution in [3.8, 4) is 0 Å². The van der Waals surface area contributed by atoms with Crippen LogP contribution in [0.2, 0.25) is 0 Å². The molecule has 0 aromatic heterocycles. The Bertz CT molecular complexity index is 883. The lowest BCUT2D eigenvalue weighted by Gasteiger charge is -2.24. The first-order chi connectivity index (χ1) is 14.1. The van der Waals surface area contributed by atoms with Crippen molar-refractivity contribution in [1.29, 1.82) is 0 Å². The van der Waals surface area contributed by atoms with E-state index in [2.05, 4.69) is 27.7 Å². The lowest BCUT2D eigenvalue weighted by Crippen LogP contribution is -2.39. The molecule has 2 aliphatic rings. The summed E-state index contributed by atoms with van der Waals surface area (Å²) in [4.78, 5) is 26.0. The first kappa shape index (κ1) is 19.4. The number of nitrogens with zero attached hydrogens (tertiary/aromatic N) is 2. The van der Waals surface area contributed by atoms with Crippen molar-refractivity contribution in [1.82, 2.24) is 10.2 Å². The van der Waals surface area contributed by atoms with Crippen LogP contribution in [0.4, 0.5) is 11.4 Å². The molecule has 0 bridgehead atoms. The molecule has 1 aliphatic heterocycles. The van der Waals surface area contributed by atoms with Gasteiger partial charge in [-0.1, -0.05) is 30.3 Å². The molecule has 29 heavy (non-hydrogen) atoms. The molecule has 4 rings (SSSR count). The Morgan fingerprint density at radius 2 is 1.93 bits per heavy atom. The van der Waals surface area contributed by atoms with Crippen molar-refractivity contribution in [3.05, 3.63) is 69.8 Å². The predicted octanol–water partition coefficient (Wildman–Crippen LogP) is 3.56. The summed E-state index contributed by atoms with van der Waals surface area (Å²) in [7, 11) is 0. The number of carbonyl (C=O) groups excluding carboxylic acids is 1. The number of rotatable bonds is 8. The van der Waals surface area contributed by atoms with E-state index in [0.717, 1.165) is 38.8 Å². The van der Waals surface area contributed by atoms with E-state index < -0.39 is 4.92 Å². The summed E-state index contributed by atoms with van der Waals surface area (Å²) in [6, 6.07) is 15.6. The van der Waals surface area contributed by atoms with Gasteiger partial charge >= 0.3 is 0 Å². The SMILES string of the molecule is O=C(NC[C@H]1CCCN1Cc1ccccc1)c1ccc(NC2CC2)c([N+](=O)[O-])c1. The first-order valence-electron chi connectivity index (χ1n) is 10.2. The maximum atomic E-state index is 12.6. The summed E-state index contributed by atoms with van der Waals surface area (Å²) in [6.45, 7) is 2.43. The van der Waals surface area contributed by atoms with E-state index in [0.29, 0.717) is 23.8 Å². The number of amides is 1. The molecule has 2 aromatic carbocycles. The van der Waals surface area contributed by atoms with Gasteiger partial charge in [0.05, 0.1) is 4.92 Å². The number of nitro groups is 1. The van der Waals surface area contributed by atoms with Gasteiger partial charge in [-0.2, -0.15) is 0 Å². The predicted molar refractivity (Wildman–Crippen MR) is 112 cm³/mol. The van der Waals surface area contributed by atoms with Crippen LogP contribution in [0.15, 0.2) is 48.5 Å². The zero-order valence-corrected chi connectivity index (χ0v) is 16.3. The third-order valence-corrected chi connectivity index (χ3v) is 5.62. The van der Waals surface area contributed by atoms with E-state index in [1.807, 2.05) is 18.2 Å². The molecule has 2 aromatic rings. The molecule has 1 atom stereocenters. The minimum Gasteiger partial charge on any atom is -0.377 e. The van der Waals surface area contributed by atoms with Crippen molar-refractivity contribution in [2.45, 2.75) is 44.3 Å². The van der Waals surface area contributed by atoms with Gasteiger partial charge in [-0.3, -0.25) is 19.8 Å². The normalized spacial score (nSPS) is 19.1. The zero-order chi connectivity index (χ0) is 20.2. The summed E-state index contributed by atoms with van der Waals surface area (Å²) in [6.07, 6.45) is 4.21. The smallest absolute Gasteiger partial charge is 0.293 e. The number of carbonyl (C=O) groups is 1. The van der Waals surface area contributed by atoms with Crippen LogP contribution in [0.1, 0.15) is 41.6 Å². The van der Waals surface area contributed by atoms with Crippen LogP contribution >= 0.6 is 0 Å². The fourth-order valence-electron chi connectivity index (χ4n) is 3.86. The molecular weight excluding hydrogens is 368 g/mol. The van der Waals surface area contributed by atoms with Crippen LogP contribution < -0.4 is 10.6 Å². The van der Waals surface area contributed by atoms with Gasteiger partial charge in [0, 0.05) is 36.8 Å². The van der Waals surface area contributed by atoms with Crippen LogP contribution in [0.5, 0.6) is 0 Å². The number of nitrogens with one attached hydrogen (secondary N) is 2. The molecule has 1 saturated carbocycles. The van der Waals surface area contributed by atoms with Gasteiger partial charge in [0.15, 0.2) is 0 Å². The van der Waals surface area contributed by atoms with Crippen molar-refractivity contribution >= 4 is 17.3 Å². The van der Waals surface area contributed by atoms with Crippen LogP contribution in [0.3, 0.4) is 0 Å². The largest absolute Gasteiger partial charge is 0.377 e. The number of hydrogen-bond acceptors (Lipinski definition) is 5. The Balaban J connectivity index is 1.37. The lowest BCUT2D eigenvalue weighted by molar-refractivity contribution is -0.384. The highest BCUT2D eigenvalue weighted by atomic mass is 16.6. The third-order valence-electron chi connectivity index (χ3n) is 5.62. The van der Waals surface area contributed by atoms with Gasteiger partial charge in [0.25, 0.3) is 11.6 Å². The number of likely N-dealkylation sites (tertiary alicyclic amines) is 1. The Labute approximate surface area is 170 Å². The van der Waals surface area contributed by atoms with E-state index in [9.17, 15) is 14.9 Å². The minimum atomic E-state index is -0.430. The van der Waals surface area contributed by atoms with Gasteiger partial charge in [-0.05, 0) is 49.9 Å². The summed E-state index contributed by atoms with van der Waals surface area (Å²) in [5.74, 6) is -0.266. The van der Waals surface area contributed by atoms with Crippen molar-refractivity contribution in [2.75, 3.05) is 18.4 Å². The van der Waals surface area contributed by atoms with Crippen LogP contribution in [-0.2, 0) is 6.54 Å². The monoisotopic (exact) mass is 394 g/mol. The van der Waals surface area contributed by atoms with Gasteiger partial charge in [-0.25, -0.2) is 0 Å². The van der Waals surface area contributed by atoms with Crippen molar-refractivity contribution in [2.24, 2.45) is 0 Å². The molecule has 0 unspecified atom stereocenters. The third kappa shape index (κ3) is 4.92. The van der Waals surface area contributed by atoms with E-state index in [-0.39, 0.29) is 17.6 Å². The van der Waals surface area contributed by atoms with Gasteiger partial charge in [0.2, 0.25) is 0 Å². The molecule has 2 fully saturated rings. The maximum Gasteiger partial charge on any atom is 0.293 e. The first-order valence-corrected chi connectivity index (χ1v) is 10.2. The second-order valence-corrected chi connectivity index (χ2v) is 7.87. The summed E-state index contributed by atoms with van der Waals surface area (Å²) in [5, 5.41) is 17.5. The summed E-state index contributed by atoms with van der Waals surface area (Å²) in [5.41, 5.74) is 2.03. The van der Waals surface area contributed by atoms with Crippen molar-refractivity contribution < 1.29 is 9.72 Å². The molecular formula is C22H26N4O3. The van der Waals surface area contributed by atoms with Crippen LogP contribution in [0, 0.1) is 10.1 Å². The van der Waals surface area contributed by atoms with Gasteiger partial charge < -0.3 is 10.6 Å². The molecule has 1 saturated heterocycles. The molecule has 1 heterocycles. The fourth-order valence-corrected chi connectivity index (χ4v) is 3.86. The number of benzene rings is 2. The standard InChI is InChI=1S/C22H26N4O3/c27-22(17-8-11-20(24-18-9-10-18)21(13-17)26(28)29)23-14-19-7-4-12-25(19)15-16-5-2-1-3-6-16/h1-3,5-6,8,11,13,18-19,24H,4,7,9-10,12,14-15H2,(H,23,27)/t19-/m1/s1. The topological polar surface area (TPSA) is 87.5 Å². The molecule has 0 radical (unpaired) electrons. The van der Waals surface area contributed by atoms with E-state index in [1.54, 1.807) is 12.1 Å². The molecule has 1 aliphatic carbocycles. The Morgan fingerprint density at radius 1 is 1.14 bits per heavy atom. The summed E-state index contributed by atoms with van der Waals surface area (Å²) >= 11 is 0. The number of nitro benzene ring substituents is 1. The Hall–Kier alpha value is -2.93. The van der Waals surface area contributed by atoms with Gasteiger partial charge in [-0.15, -0.1) is 0 Å². The molecule has 1 amide bonds. The molecule has 2 N–H and O–H groups in total. The van der Waals surface area contributed by atoms with E-state index in [4.69, 9.17) is 0 Å². The molecule has 7 heteroatoms. The second-order valence-electron chi connectivity index (χ2n) is 7.87. The van der Waals surface area contributed by atoms with Crippen LogP contribution in [-0.4, -0.2) is 40.9 Å². The number of hydrogen-bond donors (Lipinski definition) is 2. The van der Waals surface area contributed by atoms with Crippen LogP contribution in [0.25, 0.3) is 0 Å². The molecule has 152 valence electrons. The average molecular weight is 394 g/mol. The highest BCUT2D eigenvalue weighted by Gasteiger charge is 2.27. The maximum absolute atomic E-state index is 12.6. The zero-order valence-electron chi connectivity index (χ0n) is 16.3. The fraction of sp³-hybridized carbons (Fsp3) is 0.409. The molecule has 0 spiro atoms. The van der Waals surface area contributed by atoms with Crippen molar-refractivity contribution in [3.63, 3.8) is 0 Å². The highest BCUT2D eigenvalue weighted by molar-refractivity contribution is 5.95. The number of anilines is 1. The minimum absolute atomic E-state index is 0.0453. The molecule has 7 nitrogen and oxygen atoms in total. The second kappa shape index (κ2) is 8.61. The van der Waals surface area contributed by atoms with E-state index >= 15 is 0 Å². The Morgan fingerprint density at radius 3 is 2.66 bits per heavy atom. The van der Waals surface area contributed by atoms with Gasteiger partial charge in [0.1, 0.15) is 5.69 Å². The quantitative estimate of drug-likeness (QED) is 0.528. The Kier molecular flexibility index (Phi) is 5.76. The van der Waals surface area contributed by atoms with E-state index in [1.165, 1.54) is 11.6 Å². The lowest BCUT2D eigenvalue weighted by atomic mass is 10.1. The average Bonchev–Trinajstić information content (AvgIpc) is 3.44. The summed E-state index contributed by atoms with van der Waals surface area (Å²) < 4.78 is 0. The highest BCUT2D eigenvalue weighted by Crippen LogP contribution is 2.31.